The molecule has 0 aromatic rings. The third-order valence-corrected chi connectivity index (χ3v) is 6.14. The molecule has 1 atom stereocenters. The van der Waals surface area contributed by atoms with E-state index in [0.717, 1.165) is 10.1 Å². The van der Waals surface area contributed by atoms with Gasteiger partial charge >= 0.3 is 7.75 Å². The van der Waals surface area contributed by atoms with Gasteiger partial charge in [-0.05, 0) is 13.8 Å². The zero-order valence-corrected chi connectivity index (χ0v) is 11.7. The molecule has 7 heteroatoms. The predicted octanol–water partition coefficient (Wildman–Crippen LogP) is 3.39. The molecule has 0 amide bonds. The summed E-state index contributed by atoms with van der Waals surface area (Å²) < 4.78 is 27.1. The van der Waals surface area contributed by atoms with Crippen LogP contribution in [0.15, 0.2) is 4.76 Å². The van der Waals surface area contributed by atoms with Gasteiger partial charge in [0.2, 0.25) is 0 Å². The summed E-state index contributed by atoms with van der Waals surface area (Å²) in [5.74, 6) is 1.00. The number of thioether (sulfide) groups is 2. The van der Waals surface area contributed by atoms with Gasteiger partial charge in [-0.2, -0.15) is 4.76 Å². The molecular weight excluding hydrogens is 253 g/mol. The number of nitrogens with zero attached hydrogens (tertiary/aromatic N) is 1. The van der Waals surface area contributed by atoms with Crippen molar-refractivity contribution in [2.75, 3.05) is 19.0 Å². The van der Waals surface area contributed by atoms with E-state index in [1.165, 1.54) is 0 Å². The van der Waals surface area contributed by atoms with Gasteiger partial charge in [-0.15, -0.1) is 0 Å². The minimum Gasteiger partial charge on any atom is -0.291 e. The predicted molar refractivity (Wildman–Crippen MR) is 67.8 cm³/mol. The van der Waals surface area contributed by atoms with E-state index in [1.807, 2.05) is 0 Å². The Bertz CT molecular complexity index is 275. The van der Waals surface area contributed by atoms with Crippen molar-refractivity contribution in [3.63, 3.8) is 0 Å². The lowest BCUT2D eigenvalue weighted by molar-refractivity contribution is 0.221. The van der Waals surface area contributed by atoms with Crippen molar-refractivity contribution in [1.82, 2.24) is 0 Å². The second-order valence-corrected chi connectivity index (χ2v) is 7.26. The second kappa shape index (κ2) is 6.30. The largest absolute Gasteiger partial charge is 0.455 e. The second-order valence-electron chi connectivity index (χ2n) is 2.91. The molecule has 4 nitrogen and oxygen atoms in total. The van der Waals surface area contributed by atoms with Crippen molar-refractivity contribution in [2.24, 2.45) is 4.76 Å². The first kappa shape index (κ1) is 13.6. The molecule has 88 valence electrons. The lowest BCUT2D eigenvalue weighted by Gasteiger charge is -2.11. The summed E-state index contributed by atoms with van der Waals surface area (Å²) in [5, 5.41) is 0.519. The van der Waals surface area contributed by atoms with Crippen LogP contribution < -0.4 is 0 Å². The lowest BCUT2D eigenvalue weighted by atomic mass is 10.6. The molecule has 0 spiro atoms. The lowest BCUT2D eigenvalue weighted by Crippen LogP contribution is -1.95. The minimum absolute atomic E-state index is 0.346. The third kappa shape index (κ3) is 4.49. The van der Waals surface area contributed by atoms with Crippen LogP contribution in [-0.4, -0.2) is 28.6 Å². The smallest absolute Gasteiger partial charge is 0.291 e. The fourth-order valence-corrected chi connectivity index (χ4v) is 5.23. The summed E-state index contributed by atoms with van der Waals surface area (Å²) in [6.45, 7) is 6.37. The van der Waals surface area contributed by atoms with Crippen LogP contribution in [0.4, 0.5) is 0 Å². The molecule has 0 aromatic heterocycles. The summed E-state index contributed by atoms with van der Waals surface area (Å²) in [7, 11) is -3.25. The Morgan fingerprint density at radius 1 is 1.47 bits per heavy atom. The Morgan fingerprint density at radius 3 is 2.47 bits per heavy atom. The highest BCUT2D eigenvalue weighted by Gasteiger charge is 2.27. The Labute approximate surface area is 99.2 Å². The van der Waals surface area contributed by atoms with E-state index in [1.54, 1.807) is 37.4 Å². The van der Waals surface area contributed by atoms with Crippen LogP contribution in [0, 0.1) is 0 Å². The van der Waals surface area contributed by atoms with E-state index in [4.69, 9.17) is 9.05 Å². The molecule has 1 heterocycles. The van der Waals surface area contributed by atoms with Gasteiger partial charge in [0, 0.05) is 11.0 Å². The number of rotatable bonds is 5. The molecule has 1 aliphatic heterocycles. The van der Waals surface area contributed by atoms with Crippen LogP contribution in [0.2, 0.25) is 0 Å². The zero-order chi connectivity index (χ0) is 11.3. The fourth-order valence-electron chi connectivity index (χ4n) is 1.00. The summed E-state index contributed by atoms with van der Waals surface area (Å²) in [6, 6.07) is 0. The Balaban J connectivity index is 2.69. The van der Waals surface area contributed by atoms with Gasteiger partial charge < -0.3 is 0 Å². The zero-order valence-electron chi connectivity index (χ0n) is 9.13. The van der Waals surface area contributed by atoms with E-state index in [9.17, 15) is 4.57 Å². The maximum Gasteiger partial charge on any atom is 0.455 e. The van der Waals surface area contributed by atoms with Gasteiger partial charge in [0.05, 0.1) is 13.2 Å². The molecule has 1 fully saturated rings. The molecule has 15 heavy (non-hydrogen) atoms. The molecule has 0 radical (unpaired) electrons. The van der Waals surface area contributed by atoms with Crippen LogP contribution in [0.25, 0.3) is 0 Å². The first-order chi connectivity index (χ1) is 7.09. The molecule has 0 bridgehead atoms. The first-order valence-electron chi connectivity index (χ1n) is 4.88. The SMILES string of the molecule is CCOP(=O)(N=C1SCC(C)S1)OCC. The highest BCUT2D eigenvalue weighted by atomic mass is 32.2. The maximum absolute atomic E-state index is 12.0. The first-order valence-corrected chi connectivity index (χ1v) is 8.24. The van der Waals surface area contributed by atoms with Crippen molar-refractivity contribution in [2.45, 2.75) is 26.0 Å². The van der Waals surface area contributed by atoms with E-state index in [-0.39, 0.29) is 0 Å². The molecule has 1 rings (SSSR count). The van der Waals surface area contributed by atoms with Gasteiger partial charge in [-0.1, -0.05) is 30.4 Å². The van der Waals surface area contributed by atoms with Gasteiger partial charge in [0.15, 0.2) is 0 Å². The van der Waals surface area contributed by atoms with Gasteiger partial charge in [0.1, 0.15) is 4.38 Å². The molecular formula is C8H16NO3PS2. The average molecular weight is 269 g/mol. The van der Waals surface area contributed by atoms with Gasteiger partial charge in [0.25, 0.3) is 0 Å². The highest BCUT2D eigenvalue weighted by Crippen LogP contribution is 2.52. The van der Waals surface area contributed by atoms with Crippen molar-refractivity contribution in [3.8, 4) is 0 Å². The van der Waals surface area contributed by atoms with Crippen LogP contribution in [-0.2, 0) is 13.6 Å². The van der Waals surface area contributed by atoms with Crippen molar-refractivity contribution in [1.29, 1.82) is 0 Å². The van der Waals surface area contributed by atoms with E-state index >= 15 is 0 Å². The van der Waals surface area contributed by atoms with Crippen molar-refractivity contribution >= 4 is 35.6 Å². The quantitative estimate of drug-likeness (QED) is 0.716. The molecule has 0 aromatic carbocycles. The highest BCUT2D eigenvalue weighted by molar-refractivity contribution is 8.42. The summed E-state index contributed by atoms with van der Waals surface area (Å²) in [4.78, 5) is 0. The Hall–Kier alpha value is 0.520. The molecule has 0 aliphatic carbocycles. The average Bonchev–Trinajstić information content (AvgIpc) is 2.51. The Morgan fingerprint density at radius 2 is 2.07 bits per heavy atom. The normalized spacial score (nSPS) is 25.0. The molecule has 1 unspecified atom stereocenters. The number of hydrogen-bond donors (Lipinski definition) is 0. The number of hydrogen-bond acceptors (Lipinski definition) is 5. The fraction of sp³-hybridized carbons (Fsp3) is 0.875. The monoisotopic (exact) mass is 269 g/mol. The summed E-state index contributed by atoms with van der Waals surface area (Å²) >= 11 is 3.23. The molecule has 1 saturated heterocycles. The molecule has 0 N–H and O–H groups in total. The van der Waals surface area contributed by atoms with Crippen molar-refractivity contribution < 1.29 is 13.6 Å². The van der Waals surface area contributed by atoms with Crippen LogP contribution in [0.3, 0.4) is 0 Å². The summed E-state index contributed by atoms with van der Waals surface area (Å²) in [5.41, 5.74) is 0. The van der Waals surface area contributed by atoms with Crippen molar-refractivity contribution in [3.05, 3.63) is 0 Å². The topological polar surface area (TPSA) is 47.9 Å². The maximum atomic E-state index is 12.0. The molecule has 1 aliphatic rings. The molecule has 0 saturated carbocycles. The minimum atomic E-state index is -3.25. The van der Waals surface area contributed by atoms with Crippen LogP contribution in [0.1, 0.15) is 20.8 Å². The van der Waals surface area contributed by atoms with Crippen LogP contribution in [0.5, 0.6) is 0 Å². The third-order valence-electron chi connectivity index (χ3n) is 1.53. The van der Waals surface area contributed by atoms with Gasteiger partial charge in [-0.25, -0.2) is 4.57 Å². The Kier molecular flexibility index (Phi) is 5.71. The standard InChI is InChI=1S/C8H16NO3PS2/c1-4-11-13(10,12-5-2)9-8-14-6-7(3)15-8/h7H,4-6H2,1-3H3. The van der Waals surface area contributed by atoms with E-state index in [0.29, 0.717) is 18.5 Å². The summed E-state index contributed by atoms with van der Waals surface area (Å²) in [6.07, 6.45) is 0. The van der Waals surface area contributed by atoms with Crippen LogP contribution >= 0.6 is 31.3 Å². The van der Waals surface area contributed by atoms with E-state index < -0.39 is 7.75 Å². The van der Waals surface area contributed by atoms with Gasteiger partial charge in [-0.3, -0.25) is 9.05 Å². The van der Waals surface area contributed by atoms with E-state index in [2.05, 4.69) is 11.7 Å².